The van der Waals surface area contributed by atoms with Gasteiger partial charge in [-0.1, -0.05) is 29.9 Å². The molecule has 0 amide bonds. The molecule has 0 spiro atoms. The van der Waals surface area contributed by atoms with Crippen LogP contribution >= 0.6 is 39.7 Å². The molecular weight excluding hydrogens is 310 g/mol. The average Bonchev–Trinajstić information content (AvgIpc) is 2.63. The normalized spacial score (nSPS) is 10.4. The number of halogens is 2. The van der Waals surface area contributed by atoms with Gasteiger partial charge >= 0.3 is 0 Å². The van der Waals surface area contributed by atoms with Crippen molar-refractivity contribution < 1.29 is 0 Å². The molecule has 0 saturated carbocycles. The molecule has 0 aliphatic heterocycles. The number of hydrogen-bond donors (Lipinski definition) is 1. The van der Waals surface area contributed by atoms with Gasteiger partial charge in [-0.2, -0.15) is 5.10 Å². The van der Waals surface area contributed by atoms with Crippen molar-refractivity contribution in [3.05, 3.63) is 45.7 Å². The van der Waals surface area contributed by atoms with Crippen molar-refractivity contribution in [3.8, 4) is 5.69 Å². The van der Waals surface area contributed by atoms with Crippen LogP contribution < -0.4 is 5.73 Å². The Kier molecular flexibility index (Phi) is 3.28. The van der Waals surface area contributed by atoms with Crippen molar-refractivity contribution in [2.75, 3.05) is 0 Å². The molecule has 0 saturated heterocycles. The van der Waals surface area contributed by atoms with Crippen molar-refractivity contribution in [2.24, 2.45) is 5.73 Å². The smallest absolute Gasteiger partial charge is 0.107 e. The van der Waals surface area contributed by atoms with Gasteiger partial charge in [-0.05, 0) is 28.1 Å². The second kappa shape index (κ2) is 4.53. The van der Waals surface area contributed by atoms with E-state index in [1.54, 1.807) is 17.1 Å². The van der Waals surface area contributed by atoms with E-state index in [1.807, 2.05) is 18.2 Å². The summed E-state index contributed by atoms with van der Waals surface area (Å²) in [4.78, 5) is 0.314. The van der Waals surface area contributed by atoms with E-state index < -0.39 is 0 Å². The summed E-state index contributed by atoms with van der Waals surface area (Å²) in [5.74, 6) is 0. The minimum Gasteiger partial charge on any atom is -0.389 e. The third-order valence-electron chi connectivity index (χ3n) is 2.04. The first kappa shape index (κ1) is 11.6. The monoisotopic (exact) mass is 315 g/mol. The van der Waals surface area contributed by atoms with Crippen LogP contribution in [0, 0.1) is 0 Å². The fraction of sp³-hybridized carbons (Fsp3) is 0. The Morgan fingerprint density at radius 2 is 2.25 bits per heavy atom. The third-order valence-corrected chi connectivity index (χ3v) is 3.10. The molecule has 1 aromatic carbocycles. The van der Waals surface area contributed by atoms with E-state index in [9.17, 15) is 0 Å². The van der Waals surface area contributed by atoms with Gasteiger partial charge in [0.25, 0.3) is 0 Å². The highest BCUT2D eigenvalue weighted by molar-refractivity contribution is 9.10. The van der Waals surface area contributed by atoms with Crippen LogP contribution in [-0.4, -0.2) is 14.8 Å². The SMILES string of the molecule is NC(=S)c1c(Br)cccc1-n1cc(Cl)cn1. The Hall–Kier alpha value is -0.910. The van der Waals surface area contributed by atoms with Crippen molar-refractivity contribution in [1.82, 2.24) is 9.78 Å². The molecule has 0 bridgehead atoms. The standard InChI is InChI=1S/C10H7BrClN3S/c11-7-2-1-3-8(9(7)10(13)16)15-5-6(12)4-14-15/h1-5H,(H2,13,16). The van der Waals surface area contributed by atoms with Crippen LogP contribution in [0.4, 0.5) is 0 Å². The predicted octanol–water partition coefficient (Wildman–Crippen LogP) is 2.92. The number of aromatic nitrogens is 2. The van der Waals surface area contributed by atoms with E-state index in [1.165, 1.54) is 0 Å². The molecule has 6 heteroatoms. The second-order valence-electron chi connectivity index (χ2n) is 3.10. The molecule has 1 heterocycles. The van der Waals surface area contributed by atoms with Crippen LogP contribution in [0.15, 0.2) is 35.1 Å². The zero-order chi connectivity index (χ0) is 11.7. The summed E-state index contributed by atoms with van der Waals surface area (Å²) in [6.07, 6.45) is 3.26. The van der Waals surface area contributed by atoms with Crippen molar-refractivity contribution >= 4 is 44.7 Å². The molecule has 82 valence electrons. The van der Waals surface area contributed by atoms with Crippen molar-refractivity contribution in [1.29, 1.82) is 0 Å². The summed E-state index contributed by atoms with van der Waals surface area (Å²) in [5, 5.41) is 4.68. The molecule has 2 N–H and O–H groups in total. The number of hydrogen-bond acceptors (Lipinski definition) is 2. The molecule has 16 heavy (non-hydrogen) atoms. The fourth-order valence-corrected chi connectivity index (χ4v) is 2.43. The molecule has 2 rings (SSSR count). The molecule has 0 atom stereocenters. The summed E-state index contributed by atoms with van der Waals surface area (Å²) in [6.45, 7) is 0. The predicted molar refractivity (Wildman–Crippen MR) is 72.2 cm³/mol. The van der Waals surface area contributed by atoms with Crippen LogP contribution in [0.25, 0.3) is 5.69 Å². The minimum atomic E-state index is 0.314. The molecule has 3 nitrogen and oxygen atoms in total. The topological polar surface area (TPSA) is 43.8 Å². The number of nitrogens with two attached hydrogens (primary N) is 1. The quantitative estimate of drug-likeness (QED) is 0.866. The first-order valence-electron chi connectivity index (χ1n) is 4.38. The van der Waals surface area contributed by atoms with Gasteiger partial charge in [-0.3, -0.25) is 0 Å². The number of rotatable bonds is 2. The maximum atomic E-state index is 5.82. The first-order valence-corrected chi connectivity index (χ1v) is 5.96. The summed E-state index contributed by atoms with van der Waals surface area (Å²) in [5.41, 5.74) is 7.23. The van der Waals surface area contributed by atoms with Gasteiger partial charge in [0.1, 0.15) is 4.99 Å². The van der Waals surface area contributed by atoms with E-state index in [0.29, 0.717) is 10.0 Å². The number of benzene rings is 1. The molecule has 1 aromatic heterocycles. The lowest BCUT2D eigenvalue weighted by atomic mass is 10.2. The molecule has 0 fully saturated rings. The van der Waals surface area contributed by atoms with Crippen LogP contribution in [0.5, 0.6) is 0 Å². The van der Waals surface area contributed by atoms with Gasteiger partial charge in [-0.15, -0.1) is 0 Å². The highest BCUT2D eigenvalue weighted by Crippen LogP contribution is 2.24. The Labute approximate surface area is 111 Å². The first-order chi connectivity index (χ1) is 7.59. The van der Waals surface area contributed by atoms with Crippen LogP contribution in [0.3, 0.4) is 0 Å². The molecule has 0 unspecified atom stereocenters. The highest BCUT2D eigenvalue weighted by Gasteiger charge is 2.11. The van der Waals surface area contributed by atoms with Gasteiger partial charge in [0.2, 0.25) is 0 Å². The van der Waals surface area contributed by atoms with E-state index in [-0.39, 0.29) is 0 Å². The van der Waals surface area contributed by atoms with E-state index in [4.69, 9.17) is 29.6 Å². The molecule has 0 aliphatic carbocycles. The fourth-order valence-electron chi connectivity index (χ4n) is 1.38. The molecule has 0 aliphatic rings. The van der Waals surface area contributed by atoms with Gasteiger partial charge in [-0.25, -0.2) is 4.68 Å². The van der Waals surface area contributed by atoms with Crippen LogP contribution in [0.2, 0.25) is 5.02 Å². The molecular formula is C10H7BrClN3S. The Balaban J connectivity index is 2.65. The highest BCUT2D eigenvalue weighted by atomic mass is 79.9. The van der Waals surface area contributed by atoms with E-state index >= 15 is 0 Å². The lowest BCUT2D eigenvalue weighted by molar-refractivity contribution is 0.878. The maximum Gasteiger partial charge on any atom is 0.107 e. The van der Waals surface area contributed by atoms with E-state index in [0.717, 1.165) is 15.7 Å². The summed E-state index contributed by atoms with van der Waals surface area (Å²) in [7, 11) is 0. The van der Waals surface area contributed by atoms with E-state index in [2.05, 4.69) is 21.0 Å². The zero-order valence-electron chi connectivity index (χ0n) is 8.02. The minimum absolute atomic E-state index is 0.314. The molecule has 0 radical (unpaired) electrons. The summed E-state index contributed by atoms with van der Waals surface area (Å²) < 4.78 is 2.48. The average molecular weight is 317 g/mol. The third kappa shape index (κ3) is 2.11. The zero-order valence-corrected chi connectivity index (χ0v) is 11.2. The second-order valence-corrected chi connectivity index (χ2v) is 4.83. The largest absolute Gasteiger partial charge is 0.389 e. The Morgan fingerprint density at radius 1 is 1.50 bits per heavy atom. The van der Waals surface area contributed by atoms with Gasteiger partial charge in [0.05, 0.1) is 16.9 Å². The lowest BCUT2D eigenvalue weighted by Gasteiger charge is -2.09. The maximum absolute atomic E-state index is 5.82. The van der Waals surface area contributed by atoms with Gasteiger partial charge in [0, 0.05) is 16.2 Å². The Bertz CT molecular complexity index is 553. The number of nitrogens with zero attached hydrogens (tertiary/aromatic N) is 2. The summed E-state index contributed by atoms with van der Waals surface area (Å²) in [6, 6.07) is 5.64. The van der Waals surface area contributed by atoms with Gasteiger partial charge < -0.3 is 5.73 Å². The number of thiocarbonyl (C=S) groups is 1. The van der Waals surface area contributed by atoms with Gasteiger partial charge in [0.15, 0.2) is 0 Å². The summed E-state index contributed by atoms with van der Waals surface area (Å²) >= 11 is 14.3. The Morgan fingerprint density at radius 3 is 2.81 bits per heavy atom. The molecule has 2 aromatic rings. The van der Waals surface area contributed by atoms with Crippen LogP contribution in [-0.2, 0) is 0 Å². The van der Waals surface area contributed by atoms with Crippen molar-refractivity contribution in [3.63, 3.8) is 0 Å². The van der Waals surface area contributed by atoms with Crippen LogP contribution in [0.1, 0.15) is 5.56 Å². The van der Waals surface area contributed by atoms with Crippen molar-refractivity contribution in [2.45, 2.75) is 0 Å². The lowest BCUT2D eigenvalue weighted by Crippen LogP contribution is -2.14.